The van der Waals surface area contributed by atoms with Gasteiger partial charge in [0.05, 0.1) is 0 Å². The van der Waals surface area contributed by atoms with Crippen LogP contribution in [0.5, 0.6) is 0 Å². The summed E-state index contributed by atoms with van der Waals surface area (Å²) in [7, 11) is 0. The lowest BCUT2D eigenvalue weighted by Crippen LogP contribution is -2.35. The van der Waals surface area contributed by atoms with Gasteiger partial charge in [0, 0.05) is 18.9 Å². The number of rotatable bonds is 7. The van der Waals surface area contributed by atoms with Crippen LogP contribution in [0.2, 0.25) is 0 Å². The van der Waals surface area contributed by atoms with Crippen molar-refractivity contribution in [1.29, 1.82) is 0 Å². The predicted molar refractivity (Wildman–Crippen MR) is 69.9 cm³/mol. The van der Waals surface area contributed by atoms with Crippen LogP contribution in [0.4, 0.5) is 0 Å². The molecule has 1 unspecified atom stereocenters. The van der Waals surface area contributed by atoms with Crippen molar-refractivity contribution < 1.29 is 0 Å². The van der Waals surface area contributed by atoms with Crippen LogP contribution in [-0.2, 0) is 12.8 Å². The van der Waals surface area contributed by atoms with E-state index in [4.69, 9.17) is 0 Å². The molecule has 3 nitrogen and oxygen atoms in total. The summed E-state index contributed by atoms with van der Waals surface area (Å²) in [4.78, 5) is 4.57. The smallest absolute Gasteiger partial charge is 0.142 e. The highest BCUT2D eigenvalue weighted by Gasteiger charge is 2.15. The van der Waals surface area contributed by atoms with Gasteiger partial charge in [-0.25, -0.2) is 4.98 Å². The molecular formula is C12H23N3S. The second-order valence-electron chi connectivity index (χ2n) is 4.47. The van der Waals surface area contributed by atoms with Crippen LogP contribution in [0.3, 0.4) is 0 Å². The highest BCUT2D eigenvalue weighted by atomic mass is 32.1. The van der Waals surface area contributed by atoms with E-state index >= 15 is 0 Å². The van der Waals surface area contributed by atoms with Gasteiger partial charge in [-0.3, -0.25) is 0 Å². The third-order valence-electron chi connectivity index (χ3n) is 2.65. The summed E-state index contributed by atoms with van der Waals surface area (Å²) in [6.07, 6.45) is 3.13. The Morgan fingerprint density at radius 3 is 2.62 bits per heavy atom. The van der Waals surface area contributed by atoms with Crippen molar-refractivity contribution in [1.82, 2.24) is 14.7 Å². The number of nitrogens with zero attached hydrogens (tertiary/aromatic N) is 2. The zero-order valence-electron chi connectivity index (χ0n) is 10.8. The number of hydrogen-bond acceptors (Lipinski definition) is 4. The SMILES string of the molecule is CCCc1nsc(CC(NCC)C(C)C)n1. The van der Waals surface area contributed by atoms with Gasteiger partial charge in [-0.15, -0.1) is 0 Å². The fourth-order valence-corrected chi connectivity index (χ4v) is 2.44. The van der Waals surface area contributed by atoms with Gasteiger partial charge >= 0.3 is 0 Å². The van der Waals surface area contributed by atoms with E-state index in [1.54, 1.807) is 11.5 Å². The summed E-state index contributed by atoms with van der Waals surface area (Å²) in [5.74, 6) is 1.65. The Bertz CT molecular complexity index is 296. The lowest BCUT2D eigenvalue weighted by Gasteiger charge is -2.20. The van der Waals surface area contributed by atoms with E-state index in [0.717, 1.165) is 31.6 Å². The molecule has 92 valence electrons. The zero-order chi connectivity index (χ0) is 12.0. The first-order valence-electron chi connectivity index (χ1n) is 6.22. The van der Waals surface area contributed by atoms with Crippen LogP contribution in [0.25, 0.3) is 0 Å². The van der Waals surface area contributed by atoms with Gasteiger partial charge in [0.1, 0.15) is 10.8 Å². The van der Waals surface area contributed by atoms with Gasteiger partial charge in [-0.2, -0.15) is 4.37 Å². The van der Waals surface area contributed by atoms with Crippen LogP contribution >= 0.6 is 11.5 Å². The fraction of sp³-hybridized carbons (Fsp3) is 0.833. The number of likely N-dealkylation sites (N-methyl/N-ethyl adjacent to an activating group) is 1. The Balaban J connectivity index is 2.55. The lowest BCUT2D eigenvalue weighted by molar-refractivity contribution is 0.404. The van der Waals surface area contributed by atoms with Crippen molar-refractivity contribution >= 4 is 11.5 Å². The first-order chi connectivity index (χ1) is 7.67. The molecule has 1 heterocycles. The Kier molecular flexibility index (Phi) is 5.91. The van der Waals surface area contributed by atoms with Gasteiger partial charge in [-0.05, 0) is 30.4 Å². The molecule has 0 bridgehead atoms. The third-order valence-corrected chi connectivity index (χ3v) is 3.42. The van der Waals surface area contributed by atoms with Gasteiger partial charge in [-0.1, -0.05) is 27.7 Å². The van der Waals surface area contributed by atoms with E-state index in [1.807, 2.05) is 0 Å². The second-order valence-corrected chi connectivity index (χ2v) is 5.30. The van der Waals surface area contributed by atoms with Gasteiger partial charge in [0.25, 0.3) is 0 Å². The molecule has 0 saturated carbocycles. The Labute approximate surface area is 103 Å². The van der Waals surface area contributed by atoms with Crippen LogP contribution in [0.1, 0.15) is 44.9 Å². The minimum atomic E-state index is 0.521. The molecular weight excluding hydrogens is 218 g/mol. The molecule has 0 saturated heterocycles. The van der Waals surface area contributed by atoms with Crippen molar-refractivity contribution in [3.8, 4) is 0 Å². The summed E-state index contributed by atoms with van der Waals surface area (Å²) in [6, 6.07) is 0.521. The largest absolute Gasteiger partial charge is 0.314 e. The molecule has 0 aromatic carbocycles. The first kappa shape index (κ1) is 13.6. The number of aryl methyl sites for hydroxylation is 1. The molecule has 0 fully saturated rings. The summed E-state index contributed by atoms with van der Waals surface area (Å²) < 4.78 is 4.38. The van der Waals surface area contributed by atoms with Gasteiger partial charge < -0.3 is 5.32 Å². The molecule has 0 aliphatic carbocycles. The highest BCUT2D eigenvalue weighted by Crippen LogP contribution is 2.13. The minimum Gasteiger partial charge on any atom is -0.314 e. The molecule has 1 N–H and O–H groups in total. The predicted octanol–water partition coefficient (Wildman–Crippen LogP) is 2.67. The minimum absolute atomic E-state index is 0.521. The van der Waals surface area contributed by atoms with E-state index < -0.39 is 0 Å². The highest BCUT2D eigenvalue weighted by molar-refractivity contribution is 7.05. The van der Waals surface area contributed by atoms with Crippen molar-refractivity contribution in [2.75, 3.05) is 6.54 Å². The number of hydrogen-bond donors (Lipinski definition) is 1. The summed E-state index contributed by atoms with van der Waals surface area (Å²) in [5.41, 5.74) is 0. The quantitative estimate of drug-likeness (QED) is 0.797. The Morgan fingerprint density at radius 2 is 2.06 bits per heavy atom. The molecule has 4 heteroatoms. The zero-order valence-corrected chi connectivity index (χ0v) is 11.6. The second kappa shape index (κ2) is 6.97. The third kappa shape index (κ3) is 4.18. The van der Waals surface area contributed by atoms with E-state index in [2.05, 4.69) is 42.4 Å². The molecule has 0 aliphatic heterocycles. The lowest BCUT2D eigenvalue weighted by atomic mass is 10.0. The van der Waals surface area contributed by atoms with E-state index in [9.17, 15) is 0 Å². The molecule has 0 amide bonds. The molecule has 0 spiro atoms. The van der Waals surface area contributed by atoms with Gasteiger partial charge in [0.15, 0.2) is 0 Å². The molecule has 1 aromatic heterocycles. The monoisotopic (exact) mass is 241 g/mol. The van der Waals surface area contributed by atoms with Crippen LogP contribution < -0.4 is 5.32 Å². The molecule has 0 aliphatic rings. The first-order valence-corrected chi connectivity index (χ1v) is 6.99. The van der Waals surface area contributed by atoms with Crippen molar-refractivity contribution in [2.45, 2.75) is 53.0 Å². The fourth-order valence-electron chi connectivity index (χ4n) is 1.69. The van der Waals surface area contributed by atoms with E-state index in [-0.39, 0.29) is 0 Å². The van der Waals surface area contributed by atoms with Crippen molar-refractivity contribution in [2.24, 2.45) is 5.92 Å². The van der Waals surface area contributed by atoms with E-state index in [1.165, 1.54) is 5.01 Å². The van der Waals surface area contributed by atoms with E-state index in [0.29, 0.717) is 12.0 Å². The van der Waals surface area contributed by atoms with Crippen molar-refractivity contribution in [3.05, 3.63) is 10.8 Å². The van der Waals surface area contributed by atoms with Crippen LogP contribution in [-0.4, -0.2) is 21.9 Å². The molecule has 1 atom stereocenters. The van der Waals surface area contributed by atoms with Crippen molar-refractivity contribution in [3.63, 3.8) is 0 Å². The summed E-state index contributed by atoms with van der Waals surface area (Å²) in [5, 5.41) is 4.68. The molecule has 1 aromatic rings. The normalized spacial score (nSPS) is 13.3. The van der Waals surface area contributed by atoms with Crippen LogP contribution in [0, 0.1) is 5.92 Å². The van der Waals surface area contributed by atoms with Gasteiger partial charge in [0.2, 0.25) is 0 Å². The summed E-state index contributed by atoms with van der Waals surface area (Å²) in [6.45, 7) is 9.83. The average molecular weight is 241 g/mol. The standard InChI is InChI=1S/C12H23N3S/c1-5-7-11-14-12(16-15-11)8-10(9(3)4)13-6-2/h9-10,13H,5-8H2,1-4H3. The van der Waals surface area contributed by atoms with Crippen LogP contribution in [0.15, 0.2) is 0 Å². The molecule has 0 radical (unpaired) electrons. The maximum atomic E-state index is 4.57. The maximum Gasteiger partial charge on any atom is 0.142 e. The number of aromatic nitrogens is 2. The Hall–Kier alpha value is -0.480. The molecule has 16 heavy (non-hydrogen) atoms. The summed E-state index contributed by atoms with van der Waals surface area (Å²) >= 11 is 1.56. The average Bonchev–Trinajstić information content (AvgIpc) is 2.65. The maximum absolute atomic E-state index is 4.57. The number of nitrogens with one attached hydrogen (secondary N) is 1. The Morgan fingerprint density at radius 1 is 1.31 bits per heavy atom. The molecule has 1 rings (SSSR count). The topological polar surface area (TPSA) is 37.8 Å².